The second-order valence-electron chi connectivity index (χ2n) is 7.51. The SMILES string of the molecule is COC1(c2cccc(COc3ccc4ccc5nccn5c4c3)c2)CCOCC1. The summed E-state index contributed by atoms with van der Waals surface area (Å²) in [6.45, 7) is 1.97. The third-order valence-corrected chi connectivity index (χ3v) is 5.89. The molecule has 0 radical (unpaired) electrons. The molecule has 1 saturated heterocycles. The molecule has 148 valence electrons. The monoisotopic (exact) mass is 388 g/mol. The smallest absolute Gasteiger partial charge is 0.137 e. The second-order valence-corrected chi connectivity index (χ2v) is 7.51. The maximum atomic E-state index is 6.14. The zero-order valence-electron chi connectivity index (χ0n) is 16.5. The van der Waals surface area contributed by atoms with Gasteiger partial charge in [-0.05, 0) is 46.8 Å². The Hall–Kier alpha value is -2.89. The lowest BCUT2D eigenvalue weighted by molar-refractivity contribution is -0.0948. The summed E-state index contributed by atoms with van der Waals surface area (Å²) >= 11 is 0. The van der Waals surface area contributed by atoms with Gasteiger partial charge in [-0.1, -0.05) is 18.2 Å². The van der Waals surface area contributed by atoms with Gasteiger partial charge in [-0.15, -0.1) is 0 Å². The van der Waals surface area contributed by atoms with E-state index in [2.05, 4.69) is 51.8 Å². The number of imidazole rings is 1. The van der Waals surface area contributed by atoms with Crippen molar-refractivity contribution in [1.82, 2.24) is 9.38 Å². The molecule has 1 aliphatic rings. The topological polar surface area (TPSA) is 45.0 Å². The zero-order chi connectivity index (χ0) is 19.7. The van der Waals surface area contributed by atoms with Gasteiger partial charge in [-0.25, -0.2) is 4.98 Å². The lowest BCUT2D eigenvalue weighted by atomic mass is 9.85. The van der Waals surface area contributed by atoms with Crippen molar-refractivity contribution in [2.24, 2.45) is 0 Å². The first-order valence-corrected chi connectivity index (χ1v) is 9.98. The van der Waals surface area contributed by atoms with Crippen LogP contribution in [0.5, 0.6) is 5.75 Å². The molecular weight excluding hydrogens is 364 g/mol. The molecule has 1 fully saturated rings. The van der Waals surface area contributed by atoms with Gasteiger partial charge in [0.15, 0.2) is 0 Å². The van der Waals surface area contributed by atoms with E-state index in [0.717, 1.165) is 53.9 Å². The average molecular weight is 388 g/mol. The van der Waals surface area contributed by atoms with Gasteiger partial charge in [-0.2, -0.15) is 0 Å². The summed E-state index contributed by atoms with van der Waals surface area (Å²) in [6, 6.07) is 18.8. The van der Waals surface area contributed by atoms with Gasteiger partial charge in [-0.3, -0.25) is 4.40 Å². The van der Waals surface area contributed by atoms with Crippen molar-refractivity contribution >= 4 is 16.6 Å². The maximum Gasteiger partial charge on any atom is 0.137 e. The fourth-order valence-electron chi connectivity index (χ4n) is 4.19. The van der Waals surface area contributed by atoms with Gasteiger partial charge < -0.3 is 14.2 Å². The molecule has 0 bridgehead atoms. The third kappa shape index (κ3) is 3.37. The van der Waals surface area contributed by atoms with E-state index in [1.807, 2.05) is 24.5 Å². The second kappa shape index (κ2) is 7.50. The minimum Gasteiger partial charge on any atom is -0.489 e. The van der Waals surface area contributed by atoms with Gasteiger partial charge in [0.05, 0.1) is 11.1 Å². The van der Waals surface area contributed by atoms with Crippen LogP contribution in [0.1, 0.15) is 24.0 Å². The molecule has 2 aromatic heterocycles. The molecule has 5 rings (SSSR count). The minimum atomic E-state index is -0.260. The maximum absolute atomic E-state index is 6.14. The van der Waals surface area contributed by atoms with Crippen LogP contribution in [0.4, 0.5) is 0 Å². The summed E-state index contributed by atoms with van der Waals surface area (Å²) in [4.78, 5) is 4.36. The van der Waals surface area contributed by atoms with E-state index in [1.54, 1.807) is 7.11 Å². The van der Waals surface area contributed by atoms with E-state index >= 15 is 0 Å². The molecule has 1 aliphatic heterocycles. The van der Waals surface area contributed by atoms with Gasteiger partial charge in [0.2, 0.25) is 0 Å². The first-order valence-electron chi connectivity index (χ1n) is 9.98. The van der Waals surface area contributed by atoms with Crippen molar-refractivity contribution < 1.29 is 14.2 Å². The highest BCUT2D eigenvalue weighted by Gasteiger charge is 2.34. The molecule has 4 aromatic rings. The number of methoxy groups -OCH3 is 1. The van der Waals surface area contributed by atoms with Crippen LogP contribution < -0.4 is 4.74 Å². The molecule has 2 aromatic carbocycles. The number of hydrogen-bond donors (Lipinski definition) is 0. The van der Waals surface area contributed by atoms with Crippen LogP contribution in [0.25, 0.3) is 16.6 Å². The highest BCUT2D eigenvalue weighted by molar-refractivity contribution is 5.83. The van der Waals surface area contributed by atoms with Crippen LogP contribution in [0.3, 0.4) is 0 Å². The van der Waals surface area contributed by atoms with E-state index < -0.39 is 0 Å². The van der Waals surface area contributed by atoms with Crippen molar-refractivity contribution in [2.75, 3.05) is 20.3 Å². The molecule has 0 aliphatic carbocycles. The fourth-order valence-corrected chi connectivity index (χ4v) is 4.19. The Morgan fingerprint density at radius 1 is 1.07 bits per heavy atom. The first-order chi connectivity index (χ1) is 14.3. The largest absolute Gasteiger partial charge is 0.489 e. The number of rotatable bonds is 5. The molecule has 3 heterocycles. The molecule has 0 spiro atoms. The highest BCUT2D eigenvalue weighted by atomic mass is 16.5. The third-order valence-electron chi connectivity index (χ3n) is 5.89. The Morgan fingerprint density at radius 3 is 2.79 bits per heavy atom. The van der Waals surface area contributed by atoms with Crippen molar-refractivity contribution in [3.63, 3.8) is 0 Å². The lowest BCUT2D eigenvalue weighted by Crippen LogP contribution is -2.35. The van der Waals surface area contributed by atoms with Crippen molar-refractivity contribution in [3.05, 3.63) is 78.1 Å². The fraction of sp³-hybridized carbons (Fsp3) is 0.292. The number of aromatic nitrogens is 2. The number of ether oxygens (including phenoxy) is 3. The molecule has 5 nitrogen and oxygen atoms in total. The molecule has 0 N–H and O–H groups in total. The zero-order valence-corrected chi connectivity index (χ0v) is 16.5. The van der Waals surface area contributed by atoms with E-state index in [4.69, 9.17) is 14.2 Å². The number of hydrogen-bond acceptors (Lipinski definition) is 4. The van der Waals surface area contributed by atoms with Crippen LogP contribution in [0, 0.1) is 0 Å². The molecule has 0 atom stereocenters. The predicted molar refractivity (Wildman–Crippen MR) is 112 cm³/mol. The summed E-state index contributed by atoms with van der Waals surface area (Å²) in [5.74, 6) is 0.844. The van der Waals surface area contributed by atoms with Gasteiger partial charge in [0, 0.05) is 51.6 Å². The molecule has 0 unspecified atom stereocenters. The minimum absolute atomic E-state index is 0.260. The van der Waals surface area contributed by atoms with Gasteiger partial charge in [0.1, 0.15) is 18.0 Å². The number of benzene rings is 2. The van der Waals surface area contributed by atoms with Gasteiger partial charge in [0.25, 0.3) is 0 Å². The number of fused-ring (bicyclic) bond motifs is 3. The molecule has 0 saturated carbocycles. The number of nitrogens with zero attached hydrogens (tertiary/aromatic N) is 2. The van der Waals surface area contributed by atoms with Crippen molar-refractivity contribution in [3.8, 4) is 5.75 Å². The Balaban J connectivity index is 1.39. The standard InChI is InChI=1S/C24H24N2O3/c1-27-24(9-13-28-14-10-24)20-4-2-3-18(15-20)17-29-21-7-5-19-6-8-23-25-11-12-26(23)22(19)16-21/h2-8,11-12,15-16H,9-10,13-14,17H2,1H3. The molecule has 0 amide bonds. The Kier molecular flexibility index (Phi) is 4.70. The van der Waals surface area contributed by atoms with Crippen LogP contribution in [-0.2, 0) is 21.7 Å². The summed E-state index contributed by atoms with van der Waals surface area (Å²) in [7, 11) is 1.79. The normalized spacial score (nSPS) is 16.3. The molecule has 5 heteroatoms. The van der Waals surface area contributed by atoms with Crippen LogP contribution in [-0.4, -0.2) is 29.7 Å². The Morgan fingerprint density at radius 2 is 1.93 bits per heavy atom. The first kappa shape index (κ1) is 18.2. The van der Waals surface area contributed by atoms with Crippen LogP contribution >= 0.6 is 0 Å². The van der Waals surface area contributed by atoms with E-state index in [0.29, 0.717) is 6.61 Å². The van der Waals surface area contributed by atoms with E-state index in [1.165, 1.54) is 5.56 Å². The van der Waals surface area contributed by atoms with Crippen molar-refractivity contribution in [1.29, 1.82) is 0 Å². The molecule has 29 heavy (non-hydrogen) atoms. The average Bonchev–Trinajstić information content (AvgIpc) is 3.28. The predicted octanol–water partition coefficient (Wildman–Crippen LogP) is 4.72. The van der Waals surface area contributed by atoms with Crippen LogP contribution in [0.2, 0.25) is 0 Å². The summed E-state index contributed by atoms with van der Waals surface area (Å²) in [5, 5.41) is 1.16. The number of pyridine rings is 1. The lowest BCUT2D eigenvalue weighted by Gasteiger charge is -2.36. The summed E-state index contributed by atoms with van der Waals surface area (Å²) < 4.78 is 19.7. The van der Waals surface area contributed by atoms with E-state index in [-0.39, 0.29) is 5.60 Å². The quantitative estimate of drug-likeness (QED) is 0.496. The van der Waals surface area contributed by atoms with Gasteiger partial charge >= 0.3 is 0 Å². The Bertz CT molecular complexity index is 1150. The van der Waals surface area contributed by atoms with Crippen LogP contribution in [0.15, 0.2) is 67.0 Å². The van der Waals surface area contributed by atoms with E-state index in [9.17, 15) is 0 Å². The van der Waals surface area contributed by atoms with Crippen molar-refractivity contribution in [2.45, 2.75) is 25.0 Å². The molecular formula is C24H24N2O3. The highest BCUT2D eigenvalue weighted by Crippen LogP contribution is 2.36. The summed E-state index contributed by atoms with van der Waals surface area (Å²) in [5.41, 5.74) is 4.09. The Labute approximate surface area is 169 Å². The summed E-state index contributed by atoms with van der Waals surface area (Å²) in [6.07, 6.45) is 5.54.